The molecular formula is C16H14BrN3O2S. The van der Waals surface area contributed by atoms with Gasteiger partial charge in [-0.1, -0.05) is 39.8 Å². The highest BCUT2D eigenvalue weighted by Gasteiger charge is 2.11. The maximum absolute atomic E-state index is 11.5. The molecule has 0 radical (unpaired) electrons. The molecule has 0 aliphatic heterocycles. The molecule has 0 amide bonds. The van der Waals surface area contributed by atoms with Crippen LogP contribution in [0.3, 0.4) is 0 Å². The average molecular weight is 392 g/mol. The summed E-state index contributed by atoms with van der Waals surface area (Å²) in [6.07, 6.45) is 3.48. The van der Waals surface area contributed by atoms with E-state index < -0.39 is 0 Å². The number of halogens is 1. The van der Waals surface area contributed by atoms with Crippen molar-refractivity contribution in [3.05, 3.63) is 47.2 Å². The summed E-state index contributed by atoms with van der Waals surface area (Å²) in [4.78, 5) is 15.9. The van der Waals surface area contributed by atoms with E-state index >= 15 is 0 Å². The van der Waals surface area contributed by atoms with Crippen LogP contribution >= 0.6 is 27.7 Å². The van der Waals surface area contributed by atoms with Crippen molar-refractivity contribution in [2.24, 2.45) is 0 Å². The van der Waals surface area contributed by atoms with Crippen molar-refractivity contribution in [3.8, 4) is 11.3 Å². The summed E-state index contributed by atoms with van der Waals surface area (Å²) in [5.41, 5.74) is 2.77. The molecule has 7 heteroatoms. The van der Waals surface area contributed by atoms with Gasteiger partial charge in [-0.3, -0.25) is 4.79 Å². The van der Waals surface area contributed by atoms with Crippen LogP contribution in [0.4, 0.5) is 0 Å². The predicted molar refractivity (Wildman–Crippen MR) is 93.5 cm³/mol. The van der Waals surface area contributed by atoms with Crippen molar-refractivity contribution in [1.29, 1.82) is 0 Å². The number of nitrogens with zero attached hydrogens (tertiary/aromatic N) is 3. The molecule has 0 atom stereocenters. The molecule has 3 rings (SSSR count). The topological polar surface area (TPSA) is 56.5 Å². The molecule has 0 bridgehead atoms. The van der Waals surface area contributed by atoms with E-state index in [4.69, 9.17) is 4.74 Å². The van der Waals surface area contributed by atoms with Crippen LogP contribution in [0.5, 0.6) is 0 Å². The Morgan fingerprint density at radius 1 is 1.35 bits per heavy atom. The quantitative estimate of drug-likeness (QED) is 0.488. The number of aromatic nitrogens is 3. The molecule has 0 fully saturated rings. The number of benzene rings is 1. The van der Waals surface area contributed by atoms with Gasteiger partial charge in [0.05, 0.1) is 23.6 Å². The minimum atomic E-state index is -0.242. The van der Waals surface area contributed by atoms with Crippen molar-refractivity contribution in [3.63, 3.8) is 0 Å². The third-order valence-electron chi connectivity index (χ3n) is 3.13. The minimum absolute atomic E-state index is 0.235. The van der Waals surface area contributed by atoms with E-state index in [1.807, 2.05) is 30.3 Å². The van der Waals surface area contributed by atoms with Crippen molar-refractivity contribution < 1.29 is 9.53 Å². The van der Waals surface area contributed by atoms with Gasteiger partial charge in [0.2, 0.25) is 0 Å². The zero-order chi connectivity index (χ0) is 16.2. The summed E-state index contributed by atoms with van der Waals surface area (Å²) in [5.74, 6) is -0.00628. The molecule has 1 aromatic carbocycles. The number of carbonyl (C=O) groups is 1. The van der Waals surface area contributed by atoms with Crippen molar-refractivity contribution in [2.45, 2.75) is 11.9 Å². The van der Waals surface area contributed by atoms with E-state index in [1.165, 1.54) is 11.8 Å². The van der Waals surface area contributed by atoms with Gasteiger partial charge in [0.25, 0.3) is 0 Å². The molecule has 0 aliphatic rings. The monoisotopic (exact) mass is 391 g/mol. The zero-order valence-corrected chi connectivity index (χ0v) is 14.8. The lowest BCUT2D eigenvalue weighted by Crippen LogP contribution is -2.06. The Bertz CT molecular complexity index is 833. The predicted octanol–water partition coefficient (Wildman–Crippen LogP) is 3.81. The lowest BCUT2D eigenvalue weighted by molar-refractivity contribution is -0.139. The highest BCUT2D eigenvalue weighted by atomic mass is 79.9. The normalized spacial score (nSPS) is 10.9. The number of hydrogen-bond acceptors (Lipinski definition) is 5. The van der Waals surface area contributed by atoms with Crippen LogP contribution in [0.15, 0.2) is 52.2 Å². The standard InChI is InChI=1S/C16H14BrN3O2S/c1-2-22-15(21)10-23-16-14-9-13(19-20(14)8-7-18-16)11-3-5-12(17)6-4-11/h3-9H,2,10H2,1H3. The second kappa shape index (κ2) is 7.14. The summed E-state index contributed by atoms with van der Waals surface area (Å²) in [6, 6.07) is 9.95. The van der Waals surface area contributed by atoms with Gasteiger partial charge in [0.15, 0.2) is 0 Å². The first-order valence-corrected chi connectivity index (χ1v) is 8.84. The highest BCUT2D eigenvalue weighted by molar-refractivity contribution is 9.10. The van der Waals surface area contributed by atoms with Gasteiger partial charge in [0.1, 0.15) is 5.03 Å². The van der Waals surface area contributed by atoms with Crippen LogP contribution in [0.1, 0.15) is 6.92 Å². The third-order valence-corrected chi connectivity index (χ3v) is 4.62. The summed E-state index contributed by atoms with van der Waals surface area (Å²) in [7, 11) is 0. The lowest BCUT2D eigenvalue weighted by atomic mass is 10.1. The van der Waals surface area contributed by atoms with E-state index in [0.717, 1.165) is 26.3 Å². The fourth-order valence-corrected chi connectivity index (χ4v) is 3.14. The van der Waals surface area contributed by atoms with E-state index in [-0.39, 0.29) is 11.7 Å². The van der Waals surface area contributed by atoms with Crippen LogP contribution < -0.4 is 0 Å². The number of carbonyl (C=O) groups excluding carboxylic acids is 1. The molecular weight excluding hydrogens is 378 g/mol. The van der Waals surface area contributed by atoms with Crippen molar-refractivity contribution in [1.82, 2.24) is 14.6 Å². The van der Waals surface area contributed by atoms with Crippen LogP contribution in [0.2, 0.25) is 0 Å². The summed E-state index contributed by atoms with van der Waals surface area (Å²) in [6.45, 7) is 2.18. The van der Waals surface area contributed by atoms with E-state index in [2.05, 4.69) is 26.0 Å². The molecule has 0 spiro atoms. The molecule has 0 unspecified atom stereocenters. The number of hydrogen-bond donors (Lipinski definition) is 0. The summed E-state index contributed by atoms with van der Waals surface area (Å²) in [5, 5.41) is 5.33. The first kappa shape index (κ1) is 16.0. The molecule has 23 heavy (non-hydrogen) atoms. The van der Waals surface area contributed by atoms with Gasteiger partial charge in [-0.2, -0.15) is 5.10 Å². The molecule has 0 saturated heterocycles. The first-order chi connectivity index (χ1) is 11.2. The Hall–Kier alpha value is -1.86. The average Bonchev–Trinajstić information content (AvgIpc) is 2.98. The zero-order valence-electron chi connectivity index (χ0n) is 12.4. The lowest BCUT2D eigenvalue weighted by Gasteiger charge is -2.02. The Labute approximate surface area is 146 Å². The second-order valence-corrected chi connectivity index (χ2v) is 6.57. The molecule has 118 valence electrons. The Morgan fingerprint density at radius 3 is 2.87 bits per heavy atom. The fraction of sp³-hybridized carbons (Fsp3) is 0.188. The maximum atomic E-state index is 11.5. The number of fused-ring (bicyclic) bond motifs is 1. The fourth-order valence-electron chi connectivity index (χ4n) is 2.10. The number of thioether (sulfide) groups is 1. The summed E-state index contributed by atoms with van der Waals surface area (Å²) >= 11 is 4.78. The van der Waals surface area contributed by atoms with Crippen LogP contribution in [-0.4, -0.2) is 32.9 Å². The number of ether oxygens (including phenoxy) is 1. The Kier molecular flexibility index (Phi) is 4.97. The SMILES string of the molecule is CCOC(=O)CSc1nccn2nc(-c3ccc(Br)cc3)cc12. The Balaban J connectivity index is 1.89. The van der Waals surface area contributed by atoms with Gasteiger partial charge in [-0.05, 0) is 25.1 Å². The van der Waals surface area contributed by atoms with Gasteiger partial charge in [-0.15, -0.1) is 0 Å². The van der Waals surface area contributed by atoms with Crippen LogP contribution in [-0.2, 0) is 9.53 Å². The van der Waals surface area contributed by atoms with Crippen molar-refractivity contribution >= 4 is 39.2 Å². The largest absolute Gasteiger partial charge is 0.465 e. The molecule has 3 aromatic rings. The number of esters is 1. The van der Waals surface area contributed by atoms with Crippen molar-refractivity contribution in [2.75, 3.05) is 12.4 Å². The van der Waals surface area contributed by atoms with E-state index in [1.54, 1.807) is 23.8 Å². The molecule has 0 N–H and O–H groups in total. The smallest absolute Gasteiger partial charge is 0.316 e. The van der Waals surface area contributed by atoms with E-state index in [0.29, 0.717) is 6.61 Å². The molecule has 0 saturated carbocycles. The van der Waals surface area contributed by atoms with Gasteiger partial charge in [0, 0.05) is 22.4 Å². The van der Waals surface area contributed by atoms with Crippen LogP contribution in [0, 0.1) is 0 Å². The summed E-state index contributed by atoms with van der Waals surface area (Å²) < 4.78 is 7.75. The number of rotatable bonds is 5. The highest BCUT2D eigenvalue weighted by Crippen LogP contribution is 2.26. The minimum Gasteiger partial charge on any atom is -0.465 e. The van der Waals surface area contributed by atoms with Gasteiger partial charge < -0.3 is 4.74 Å². The van der Waals surface area contributed by atoms with E-state index in [9.17, 15) is 4.79 Å². The third kappa shape index (κ3) is 3.73. The molecule has 5 nitrogen and oxygen atoms in total. The second-order valence-electron chi connectivity index (χ2n) is 4.69. The van der Waals surface area contributed by atoms with Gasteiger partial charge in [-0.25, -0.2) is 9.50 Å². The molecule has 0 aliphatic carbocycles. The first-order valence-electron chi connectivity index (χ1n) is 7.06. The molecule has 2 aromatic heterocycles. The Morgan fingerprint density at radius 2 is 2.13 bits per heavy atom. The van der Waals surface area contributed by atoms with Gasteiger partial charge >= 0.3 is 5.97 Å². The maximum Gasteiger partial charge on any atom is 0.316 e. The molecule has 2 heterocycles. The van der Waals surface area contributed by atoms with Crippen LogP contribution in [0.25, 0.3) is 16.8 Å².